The van der Waals surface area contributed by atoms with Gasteiger partial charge in [0.1, 0.15) is 17.2 Å². The maximum absolute atomic E-state index is 13.8. The maximum Gasteiger partial charge on any atom is 0.356 e. The third-order valence-corrected chi connectivity index (χ3v) is 2.97. The summed E-state index contributed by atoms with van der Waals surface area (Å²) in [6.45, 7) is 0. The van der Waals surface area contributed by atoms with E-state index in [2.05, 4.69) is 9.72 Å². The zero-order valence-electron chi connectivity index (χ0n) is 9.78. The van der Waals surface area contributed by atoms with Crippen molar-refractivity contribution in [3.05, 3.63) is 51.9 Å². The molecule has 3 nitrogen and oxygen atoms in total. The molecule has 0 aliphatic carbocycles. The predicted molar refractivity (Wildman–Crippen MR) is 71.0 cm³/mol. The number of rotatable bonds is 2. The number of methoxy groups -OCH3 is 1. The van der Waals surface area contributed by atoms with Crippen molar-refractivity contribution in [3.63, 3.8) is 0 Å². The second-order valence-corrected chi connectivity index (χ2v) is 4.49. The highest BCUT2D eigenvalue weighted by Gasteiger charge is 2.15. The van der Waals surface area contributed by atoms with E-state index in [1.54, 1.807) is 6.07 Å². The molecule has 0 fully saturated rings. The highest BCUT2D eigenvalue weighted by molar-refractivity contribution is 6.36. The van der Waals surface area contributed by atoms with Crippen LogP contribution in [-0.2, 0) is 4.74 Å². The number of ether oxygens (including phenoxy) is 1. The van der Waals surface area contributed by atoms with Crippen LogP contribution in [0.5, 0.6) is 0 Å². The van der Waals surface area contributed by atoms with E-state index in [9.17, 15) is 9.18 Å². The van der Waals surface area contributed by atoms with E-state index in [4.69, 9.17) is 23.2 Å². The molecule has 0 aliphatic heterocycles. The van der Waals surface area contributed by atoms with Crippen LogP contribution in [-0.4, -0.2) is 18.1 Å². The van der Waals surface area contributed by atoms with Crippen molar-refractivity contribution in [3.8, 4) is 11.3 Å². The number of benzene rings is 1. The normalized spacial score (nSPS) is 10.3. The first-order valence-electron chi connectivity index (χ1n) is 5.23. The molecule has 0 aliphatic rings. The summed E-state index contributed by atoms with van der Waals surface area (Å²) in [4.78, 5) is 15.3. The van der Waals surface area contributed by atoms with Crippen molar-refractivity contribution in [2.45, 2.75) is 0 Å². The Kier molecular flexibility index (Phi) is 4.02. The average Bonchev–Trinajstić information content (AvgIpc) is 2.39. The van der Waals surface area contributed by atoms with Crippen LogP contribution < -0.4 is 0 Å². The molecule has 0 saturated heterocycles. The minimum Gasteiger partial charge on any atom is -0.464 e. The van der Waals surface area contributed by atoms with Crippen molar-refractivity contribution < 1.29 is 13.9 Å². The molecule has 19 heavy (non-hydrogen) atoms. The van der Waals surface area contributed by atoms with Gasteiger partial charge in [0.25, 0.3) is 0 Å². The van der Waals surface area contributed by atoms with Gasteiger partial charge >= 0.3 is 5.97 Å². The quantitative estimate of drug-likeness (QED) is 0.787. The Morgan fingerprint density at radius 1 is 1.26 bits per heavy atom. The lowest BCUT2D eigenvalue weighted by Crippen LogP contribution is -2.06. The van der Waals surface area contributed by atoms with Crippen LogP contribution in [0, 0.1) is 5.82 Å². The van der Waals surface area contributed by atoms with Gasteiger partial charge in [-0.25, -0.2) is 14.2 Å². The number of pyridine rings is 1. The summed E-state index contributed by atoms with van der Waals surface area (Å²) in [7, 11) is 1.22. The summed E-state index contributed by atoms with van der Waals surface area (Å²) in [5.41, 5.74) is 0.337. The van der Waals surface area contributed by atoms with E-state index in [1.165, 1.54) is 25.3 Å². The standard InChI is InChI=1S/C13H8Cl2FNO2/c1-19-13(18)11-5-4-10(16)12(17-11)8-3-2-7(14)6-9(8)15/h2-6H,1H3. The fourth-order valence-electron chi connectivity index (χ4n) is 1.53. The molecule has 1 aromatic heterocycles. The topological polar surface area (TPSA) is 39.2 Å². The van der Waals surface area contributed by atoms with Crippen LogP contribution in [0.25, 0.3) is 11.3 Å². The molecular weight excluding hydrogens is 292 g/mol. The summed E-state index contributed by atoms with van der Waals surface area (Å²) in [6.07, 6.45) is 0. The molecular formula is C13H8Cl2FNO2. The first-order chi connectivity index (χ1) is 9.02. The molecule has 1 heterocycles. The Hall–Kier alpha value is -1.65. The lowest BCUT2D eigenvalue weighted by molar-refractivity contribution is 0.0594. The lowest BCUT2D eigenvalue weighted by Gasteiger charge is -2.07. The van der Waals surface area contributed by atoms with Crippen LogP contribution >= 0.6 is 23.2 Å². The molecule has 2 rings (SSSR count). The third kappa shape index (κ3) is 2.85. The summed E-state index contributed by atoms with van der Waals surface area (Å²) >= 11 is 11.8. The molecule has 0 amide bonds. The molecule has 0 N–H and O–H groups in total. The highest BCUT2D eigenvalue weighted by atomic mass is 35.5. The van der Waals surface area contributed by atoms with Crippen molar-refractivity contribution >= 4 is 29.2 Å². The van der Waals surface area contributed by atoms with E-state index in [0.717, 1.165) is 6.07 Å². The SMILES string of the molecule is COC(=O)c1ccc(F)c(-c2ccc(Cl)cc2Cl)n1. The minimum absolute atomic E-state index is 0.00455. The lowest BCUT2D eigenvalue weighted by atomic mass is 10.1. The van der Waals surface area contributed by atoms with E-state index >= 15 is 0 Å². The number of esters is 1. The first kappa shape index (κ1) is 13.8. The molecule has 0 atom stereocenters. The Labute approximate surface area is 118 Å². The van der Waals surface area contributed by atoms with Crippen molar-refractivity contribution in [1.82, 2.24) is 4.98 Å². The van der Waals surface area contributed by atoms with E-state index in [-0.39, 0.29) is 16.4 Å². The summed E-state index contributed by atoms with van der Waals surface area (Å²) < 4.78 is 18.3. The molecule has 0 spiro atoms. The Bertz CT molecular complexity index is 647. The number of carbonyl (C=O) groups excluding carboxylic acids is 1. The predicted octanol–water partition coefficient (Wildman–Crippen LogP) is 3.98. The fraction of sp³-hybridized carbons (Fsp3) is 0.0769. The van der Waals surface area contributed by atoms with Gasteiger partial charge in [-0.15, -0.1) is 0 Å². The number of hydrogen-bond donors (Lipinski definition) is 0. The van der Waals surface area contributed by atoms with Gasteiger partial charge in [0.05, 0.1) is 12.1 Å². The number of nitrogens with zero attached hydrogens (tertiary/aromatic N) is 1. The average molecular weight is 300 g/mol. The van der Waals surface area contributed by atoms with Crippen molar-refractivity contribution in [1.29, 1.82) is 0 Å². The second kappa shape index (κ2) is 5.55. The minimum atomic E-state index is -0.647. The van der Waals surface area contributed by atoms with Crippen molar-refractivity contribution in [2.75, 3.05) is 7.11 Å². The maximum atomic E-state index is 13.8. The molecule has 1 aromatic carbocycles. The van der Waals surface area contributed by atoms with Gasteiger partial charge in [0.15, 0.2) is 0 Å². The monoisotopic (exact) mass is 299 g/mol. The van der Waals surface area contributed by atoms with E-state index < -0.39 is 11.8 Å². The van der Waals surface area contributed by atoms with Gasteiger partial charge in [-0.2, -0.15) is 0 Å². The van der Waals surface area contributed by atoms with Crippen LogP contribution in [0.4, 0.5) is 4.39 Å². The van der Waals surface area contributed by atoms with Crippen LogP contribution in [0.15, 0.2) is 30.3 Å². The van der Waals surface area contributed by atoms with Gasteiger partial charge < -0.3 is 4.74 Å². The third-order valence-electron chi connectivity index (χ3n) is 2.43. The Morgan fingerprint density at radius 2 is 2.00 bits per heavy atom. The summed E-state index contributed by atoms with van der Waals surface area (Å²) in [6, 6.07) is 6.96. The zero-order chi connectivity index (χ0) is 14.0. The van der Waals surface area contributed by atoms with Gasteiger partial charge in [-0.1, -0.05) is 23.2 Å². The van der Waals surface area contributed by atoms with E-state index in [0.29, 0.717) is 10.6 Å². The van der Waals surface area contributed by atoms with Crippen LogP contribution in [0.3, 0.4) is 0 Å². The van der Waals surface area contributed by atoms with Crippen LogP contribution in [0.2, 0.25) is 10.0 Å². The number of hydrogen-bond acceptors (Lipinski definition) is 3. The molecule has 6 heteroatoms. The molecule has 0 radical (unpaired) electrons. The smallest absolute Gasteiger partial charge is 0.356 e. The van der Waals surface area contributed by atoms with Gasteiger partial charge in [0, 0.05) is 10.6 Å². The van der Waals surface area contributed by atoms with Crippen molar-refractivity contribution in [2.24, 2.45) is 0 Å². The van der Waals surface area contributed by atoms with Gasteiger partial charge in [-0.3, -0.25) is 0 Å². The molecule has 98 valence electrons. The van der Waals surface area contributed by atoms with Gasteiger partial charge in [-0.05, 0) is 30.3 Å². The van der Waals surface area contributed by atoms with E-state index in [1.807, 2.05) is 0 Å². The molecule has 0 unspecified atom stereocenters. The molecule has 0 bridgehead atoms. The molecule has 2 aromatic rings. The highest BCUT2D eigenvalue weighted by Crippen LogP contribution is 2.30. The Balaban J connectivity index is 2.57. The summed E-state index contributed by atoms with van der Waals surface area (Å²) in [5, 5.41) is 0.680. The first-order valence-corrected chi connectivity index (χ1v) is 5.99. The largest absolute Gasteiger partial charge is 0.464 e. The second-order valence-electron chi connectivity index (χ2n) is 3.64. The zero-order valence-corrected chi connectivity index (χ0v) is 11.3. The Morgan fingerprint density at radius 3 is 2.63 bits per heavy atom. The molecule has 0 saturated carbocycles. The van der Waals surface area contributed by atoms with Gasteiger partial charge in [0.2, 0.25) is 0 Å². The fourth-order valence-corrected chi connectivity index (χ4v) is 2.03. The number of aromatic nitrogens is 1. The number of halogens is 3. The summed E-state index contributed by atoms with van der Waals surface area (Å²) in [5.74, 6) is -1.23. The van der Waals surface area contributed by atoms with Crippen LogP contribution in [0.1, 0.15) is 10.5 Å². The number of carbonyl (C=O) groups is 1.